The Morgan fingerprint density at radius 1 is 1.13 bits per heavy atom. The number of rotatable bonds is 5. The van der Waals surface area contributed by atoms with Crippen LogP contribution in [0.2, 0.25) is 0 Å². The highest BCUT2D eigenvalue weighted by Gasteiger charge is 2.34. The van der Waals surface area contributed by atoms with Crippen LogP contribution in [-0.4, -0.2) is 54.2 Å². The molecule has 0 saturated carbocycles. The minimum Gasteiger partial charge on any atom is -0.497 e. The number of sulfone groups is 1. The quantitative estimate of drug-likeness (QED) is 0.602. The van der Waals surface area contributed by atoms with Crippen LogP contribution < -0.4 is 4.74 Å². The van der Waals surface area contributed by atoms with Crippen molar-refractivity contribution in [1.82, 2.24) is 14.5 Å². The molecule has 1 aromatic carbocycles. The number of hydrogen-bond donors (Lipinski definition) is 0. The van der Waals surface area contributed by atoms with Crippen molar-refractivity contribution in [1.29, 1.82) is 0 Å². The van der Waals surface area contributed by atoms with Gasteiger partial charge in [0.05, 0.1) is 22.9 Å². The van der Waals surface area contributed by atoms with Gasteiger partial charge in [-0.05, 0) is 56.2 Å². The van der Waals surface area contributed by atoms with E-state index in [1.54, 1.807) is 36.3 Å². The van der Waals surface area contributed by atoms with Crippen molar-refractivity contribution in [3.63, 3.8) is 0 Å². The van der Waals surface area contributed by atoms with E-state index in [1.807, 2.05) is 36.0 Å². The van der Waals surface area contributed by atoms with Gasteiger partial charge in [0.25, 0.3) is 5.91 Å². The normalized spacial score (nSPS) is 15.3. The predicted molar refractivity (Wildman–Crippen MR) is 115 cm³/mol. The highest BCUT2D eigenvalue weighted by molar-refractivity contribution is 7.92. The molecular formula is C21H23N3O4S2. The van der Waals surface area contributed by atoms with E-state index in [4.69, 9.17) is 4.74 Å². The molecule has 3 aromatic rings. The number of hydrogen-bond acceptors (Lipinski definition) is 6. The van der Waals surface area contributed by atoms with Crippen molar-refractivity contribution in [2.45, 2.75) is 29.9 Å². The molecule has 1 fully saturated rings. The van der Waals surface area contributed by atoms with Crippen LogP contribution in [0.4, 0.5) is 0 Å². The molecule has 0 spiro atoms. The van der Waals surface area contributed by atoms with Crippen molar-refractivity contribution in [2.75, 3.05) is 20.2 Å². The first-order chi connectivity index (χ1) is 14.4. The highest BCUT2D eigenvalue weighted by Crippen LogP contribution is 2.28. The van der Waals surface area contributed by atoms with Crippen LogP contribution in [-0.2, 0) is 9.84 Å². The molecule has 0 N–H and O–H groups in total. The third kappa shape index (κ3) is 3.87. The van der Waals surface area contributed by atoms with Gasteiger partial charge in [0.2, 0.25) is 0 Å². The summed E-state index contributed by atoms with van der Waals surface area (Å²) < 4.78 is 32.9. The Morgan fingerprint density at radius 3 is 2.37 bits per heavy atom. The van der Waals surface area contributed by atoms with Crippen molar-refractivity contribution in [3.05, 3.63) is 59.4 Å². The number of methoxy groups -OCH3 is 1. The number of amides is 1. The van der Waals surface area contributed by atoms with Gasteiger partial charge in [-0.3, -0.25) is 4.79 Å². The van der Waals surface area contributed by atoms with Gasteiger partial charge in [0, 0.05) is 25.5 Å². The average Bonchev–Trinajstić information content (AvgIpc) is 3.43. The van der Waals surface area contributed by atoms with Crippen molar-refractivity contribution in [3.8, 4) is 10.9 Å². The lowest BCUT2D eigenvalue weighted by Crippen LogP contribution is -2.42. The SMILES string of the molecule is COc1ccc(S(=O)(=O)C2CCN(C(=O)c3sc(-n4cccc4)nc3C)CC2)cc1. The zero-order chi connectivity index (χ0) is 21.3. The standard InChI is InChI=1S/C21H23N3O4S2/c1-15-19(29-21(22-15)24-11-3-4-12-24)20(25)23-13-9-18(10-14-23)30(26,27)17-7-5-16(28-2)6-8-17/h3-8,11-12,18H,9-10,13-14H2,1-2H3. The largest absolute Gasteiger partial charge is 0.497 e. The molecule has 0 atom stereocenters. The van der Waals surface area contributed by atoms with Crippen molar-refractivity contribution >= 4 is 27.1 Å². The van der Waals surface area contributed by atoms with Crippen molar-refractivity contribution < 1.29 is 17.9 Å². The summed E-state index contributed by atoms with van der Waals surface area (Å²) in [5.41, 5.74) is 0.696. The molecule has 0 radical (unpaired) electrons. The number of piperidine rings is 1. The van der Waals surface area contributed by atoms with E-state index in [0.29, 0.717) is 47.1 Å². The first kappa shape index (κ1) is 20.6. The van der Waals surface area contributed by atoms with E-state index in [9.17, 15) is 13.2 Å². The Labute approximate surface area is 179 Å². The molecule has 4 rings (SSSR count). The van der Waals surface area contributed by atoms with E-state index in [1.165, 1.54) is 11.3 Å². The second kappa shape index (κ2) is 8.23. The molecule has 2 aromatic heterocycles. The molecule has 158 valence electrons. The number of thiazole rings is 1. The number of likely N-dealkylation sites (tertiary alicyclic amines) is 1. The Balaban J connectivity index is 1.44. The Kier molecular flexibility index (Phi) is 5.66. The molecule has 3 heterocycles. The zero-order valence-corrected chi connectivity index (χ0v) is 18.4. The molecule has 7 nitrogen and oxygen atoms in total. The molecule has 9 heteroatoms. The molecule has 0 bridgehead atoms. The highest BCUT2D eigenvalue weighted by atomic mass is 32.2. The minimum absolute atomic E-state index is 0.0799. The van der Waals surface area contributed by atoms with Crippen LogP contribution in [0.15, 0.2) is 53.7 Å². The maximum atomic E-state index is 13.0. The lowest BCUT2D eigenvalue weighted by molar-refractivity contribution is 0.0729. The van der Waals surface area contributed by atoms with E-state index >= 15 is 0 Å². The van der Waals surface area contributed by atoms with Gasteiger partial charge in [0.1, 0.15) is 10.6 Å². The molecule has 30 heavy (non-hydrogen) atoms. The predicted octanol–water partition coefficient (Wildman–Crippen LogP) is 3.33. The molecule has 1 saturated heterocycles. The lowest BCUT2D eigenvalue weighted by Gasteiger charge is -2.31. The number of carbonyl (C=O) groups is 1. The topological polar surface area (TPSA) is 81.5 Å². The van der Waals surface area contributed by atoms with E-state index in [2.05, 4.69) is 4.98 Å². The zero-order valence-electron chi connectivity index (χ0n) is 16.8. The molecule has 0 unspecified atom stereocenters. The van der Waals surface area contributed by atoms with Gasteiger partial charge >= 0.3 is 0 Å². The van der Waals surface area contributed by atoms with Crippen LogP contribution in [0.5, 0.6) is 5.75 Å². The Morgan fingerprint density at radius 2 is 1.77 bits per heavy atom. The summed E-state index contributed by atoms with van der Waals surface area (Å²) in [5.74, 6) is 0.539. The molecule has 1 aliphatic heterocycles. The van der Waals surface area contributed by atoms with Crippen LogP contribution in [0.25, 0.3) is 5.13 Å². The van der Waals surface area contributed by atoms with Gasteiger partial charge in [-0.15, -0.1) is 0 Å². The third-order valence-corrected chi connectivity index (χ3v) is 8.80. The third-order valence-electron chi connectivity index (χ3n) is 5.36. The summed E-state index contributed by atoms with van der Waals surface area (Å²) >= 11 is 1.36. The molecule has 1 aliphatic rings. The van der Waals surface area contributed by atoms with Crippen molar-refractivity contribution in [2.24, 2.45) is 0 Å². The van der Waals surface area contributed by atoms with Crippen LogP contribution in [0.1, 0.15) is 28.2 Å². The minimum atomic E-state index is -3.44. The Bertz CT molecular complexity index is 1130. The summed E-state index contributed by atoms with van der Waals surface area (Å²) in [6.45, 7) is 2.65. The lowest BCUT2D eigenvalue weighted by atomic mass is 10.1. The van der Waals surface area contributed by atoms with Crippen LogP contribution >= 0.6 is 11.3 Å². The summed E-state index contributed by atoms with van der Waals surface area (Å²) in [7, 11) is -1.90. The van der Waals surface area contributed by atoms with Gasteiger partial charge in [0.15, 0.2) is 15.0 Å². The second-order valence-corrected chi connectivity index (χ2v) is 10.4. The monoisotopic (exact) mass is 445 g/mol. The first-order valence-electron chi connectivity index (χ1n) is 9.68. The van der Waals surface area contributed by atoms with Crippen LogP contribution in [0, 0.1) is 6.92 Å². The number of ether oxygens (including phenoxy) is 1. The van der Waals surface area contributed by atoms with E-state index in [-0.39, 0.29) is 5.91 Å². The van der Waals surface area contributed by atoms with Gasteiger partial charge in [-0.2, -0.15) is 0 Å². The van der Waals surface area contributed by atoms with Gasteiger partial charge in [-0.25, -0.2) is 13.4 Å². The second-order valence-electron chi connectivity index (χ2n) is 7.21. The maximum absolute atomic E-state index is 13.0. The first-order valence-corrected chi connectivity index (χ1v) is 12.0. The fourth-order valence-corrected chi connectivity index (χ4v) is 6.36. The van der Waals surface area contributed by atoms with E-state index < -0.39 is 15.1 Å². The maximum Gasteiger partial charge on any atom is 0.265 e. The number of nitrogens with zero attached hydrogens (tertiary/aromatic N) is 3. The number of aryl methyl sites for hydroxylation is 1. The summed E-state index contributed by atoms with van der Waals surface area (Å²) in [6, 6.07) is 10.3. The number of benzene rings is 1. The van der Waals surface area contributed by atoms with Gasteiger partial charge < -0.3 is 14.2 Å². The summed E-state index contributed by atoms with van der Waals surface area (Å²) in [6.07, 6.45) is 4.62. The summed E-state index contributed by atoms with van der Waals surface area (Å²) in [5, 5.41) is 0.255. The molecule has 1 amide bonds. The summed E-state index contributed by atoms with van der Waals surface area (Å²) in [4.78, 5) is 20.2. The molecular weight excluding hydrogens is 422 g/mol. The van der Waals surface area contributed by atoms with Crippen LogP contribution in [0.3, 0.4) is 0 Å². The fourth-order valence-electron chi connectivity index (χ4n) is 3.62. The number of aromatic nitrogens is 2. The fraction of sp³-hybridized carbons (Fsp3) is 0.333. The Hall–Kier alpha value is -2.65. The smallest absolute Gasteiger partial charge is 0.265 e. The molecule has 0 aliphatic carbocycles. The number of carbonyl (C=O) groups excluding carboxylic acids is 1. The average molecular weight is 446 g/mol. The van der Waals surface area contributed by atoms with Gasteiger partial charge in [-0.1, -0.05) is 11.3 Å². The van der Waals surface area contributed by atoms with E-state index in [0.717, 1.165) is 5.13 Å².